The smallest absolute Gasteiger partial charge is 0.268 e. The molecule has 2 fully saturated rings. The Balaban J connectivity index is 1.60. The molecule has 2 amide bonds. The maximum atomic E-state index is 14.1. The van der Waals surface area contributed by atoms with Crippen LogP contribution in [-0.4, -0.2) is 28.0 Å². The molecule has 3 aliphatic rings. The lowest BCUT2D eigenvalue weighted by molar-refractivity contribution is -0.143. The van der Waals surface area contributed by atoms with Crippen LogP contribution in [0.1, 0.15) is 50.7 Å². The highest BCUT2D eigenvalue weighted by atomic mass is 32.2. The van der Waals surface area contributed by atoms with Crippen molar-refractivity contribution in [1.29, 1.82) is 0 Å². The second-order valence-electron chi connectivity index (χ2n) is 9.31. The minimum atomic E-state index is -0.950. The zero-order chi connectivity index (χ0) is 20.9. The second kappa shape index (κ2) is 7.16. The molecule has 5 rings (SSSR count). The van der Waals surface area contributed by atoms with Crippen molar-refractivity contribution < 1.29 is 9.59 Å². The van der Waals surface area contributed by atoms with Crippen molar-refractivity contribution in [3.05, 3.63) is 65.7 Å². The number of anilines is 1. The summed E-state index contributed by atoms with van der Waals surface area (Å²) in [5, 5.41) is 0. The molecule has 30 heavy (non-hydrogen) atoms. The van der Waals surface area contributed by atoms with Crippen molar-refractivity contribution in [1.82, 2.24) is 4.90 Å². The minimum absolute atomic E-state index is 0.0227. The van der Waals surface area contributed by atoms with Crippen LogP contribution >= 0.6 is 11.8 Å². The number of rotatable bonds is 3. The minimum Gasteiger partial charge on any atom is -0.314 e. The van der Waals surface area contributed by atoms with Crippen LogP contribution in [0.5, 0.6) is 0 Å². The Hall–Kier alpha value is -2.27. The highest BCUT2D eigenvalue weighted by Gasteiger charge is 2.64. The fourth-order valence-corrected chi connectivity index (χ4v) is 7.03. The molecule has 4 nitrogen and oxygen atoms in total. The lowest BCUT2D eigenvalue weighted by Gasteiger charge is -2.34. The standard InChI is InChI=1S/C25H28N2O2S/c1-24(2)17-27(22(28)19-12-6-7-13-19)25(30-24)20-14-8-9-15-21(20)26(23(25)29)16-18-10-4-3-5-11-18/h3-5,8-11,14-15,19H,6-7,12-13,16-17H2,1-2H3. The summed E-state index contributed by atoms with van der Waals surface area (Å²) in [4.78, 5) is 30.6. The molecule has 2 aliphatic heterocycles. The summed E-state index contributed by atoms with van der Waals surface area (Å²) in [7, 11) is 0. The van der Waals surface area contributed by atoms with Gasteiger partial charge in [-0.15, -0.1) is 11.8 Å². The molecular formula is C25H28N2O2S. The number of carbonyl (C=O) groups is 2. The van der Waals surface area contributed by atoms with Crippen LogP contribution in [0.25, 0.3) is 0 Å². The quantitative estimate of drug-likeness (QED) is 0.707. The van der Waals surface area contributed by atoms with E-state index in [-0.39, 0.29) is 22.5 Å². The zero-order valence-corrected chi connectivity index (χ0v) is 18.5. The van der Waals surface area contributed by atoms with Crippen LogP contribution in [0.2, 0.25) is 0 Å². The number of nitrogens with zero attached hydrogens (tertiary/aromatic N) is 2. The van der Waals surface area contributed by atoms with Crippen LogP contribution in [0.4, 0.5) is 5.69 Å². The Labute approximate surface area is 182 Å². The molecule has 0 aromatic heterocycles. The third-order valence-corrected chi connectivity index (χ3v) is 8.18. The first-order valence-electron chi connectivity index (χ1n) is 10.9. The van der Waals surface area contributed by atoms with Gasteiger partial charge >= 0.3 is 0 Å². The summed E-state index contributed by atoms with van der Waals surface area (Å²) in [6.07, 6.45) is 4.11. The molecule has 0 bridgehead atoms. The first-order chi connectivity index (χ1) is 14.4. The Morgan fingerprint density at radius 2 is 1.70 bits per heavy atom. The van der Waals surface area contributed by atoms with Gasteiger partial charge in [0.05, 0.1) is 12.2 Å². The van der Waals surface area contributed by atoms with Crippen LogP contribution in [0.3, 0.4) is 0 Å². The SMILES string of the molecule is CC1(C)CN(C(=O)C2CCCC2)C2(S1)C(=O)N(Cc1ccccc1)c1ccccc12. The topological polar surface area (TPSA) is 40.6 Å². The molecule has 2 aromatic carbocycles. The fraction of sp³-hybridized carbons (Fsp3) is 0.440. The van der Waals surface area contributed by atoms with Gasteiger partial charge in [0.25, 0.3) is 5.91 Å². The molecule has 1 spiro atoms. The summed E-state index contributed by atoms with van der Waals surface area (Å²) in [5.74, 6) is 0.240. The third kappa shape index (κ3) is 2.97. The summed E-state index contributed by atoms with van der Waals surface area (Å²) < 4.78 is -0.181. The number of benzene rings is 2. The summed E-state index contributed by atoms with van der Waals surface area (Å²) in [6, 6.07) is 18.1. The number of hydrogen-bond acceptors (Lipinski definition) is 3. The average molecular weight is 421 g/mol. The first-order valence-corrected chi connectivity index (χ1v) is 11.7. The van der Waals surface area contributed by atoms with Gasteiger partial charge in [-0.3, -0.25) is 9.59 Å². The Morgan fingerprint density at radius 1 is 1.03 bits per heavy atom. The Kier molecular flexibility index (Phi) is 4.69. The summed E-state index contributed by atoms with van der Waals surface area (Å²) in [5.41, 5.74) is 2.99. The van der Waals surface area contributed by atoms with Gasteiger partial charge in [-0.2, -0.15) is 0 Å². The van der Waals surface area contributed by atoms with E-state index in [2.05, 4.69) is 13.8 Å². The van der Waals surface area contributed by atoms with Crippen molar-refractivity contribution in [2.24, 2.45) is 5.92 Å². The average Bonchev–Trinajstić information content (AvgIpc) is 3.43. The lowest BCUT2D eigenvalue weighted by Crippen LogP contribution is -2.51. The van der Waals surface area contributed by atoms with Gasteiger partial charge in [0.1, 0.15) is 0 Å². The van der Waals surface area contributed by atoms with Gasteiger partial charge in [-0.1, -0.05) is 61.4 Å². The zero-order valence-electron chi connectivity index (χ0n) is 17.6. The first kappa shape index (κ1) is 19.7. The predicted octanol–water partition coefficient (Wildman–Crippen LogP) is 4.93. The van der Waals surface area contributed by atoms with Crippen LogP contribution in [-0.2, 0) is 21.0 Å². The molecule has 1 unspecified atom stereocenters. The van der Waals surface area contributed by atoms with Gasteiger partial charge in [0.2, 0.25) is 5.91 Å². The molecular weight excluding hydrogens is 392 g/mol. The molecule has 156 valence electrons. The predicted molar refractivity (Wildman–Crippen MR) is 121 cm³/mol. The van der Waals surface area contributed by atoms with Crippen molar-refractivity contribution in [2.75, 3.05) is 11.4 Å². The van der Waals surface area contributed by atoms with Gasteiger partial charge in [0, 0.05) is 22.8 Å². The molecule has 0 radical (unpaired) electrons. The third-order valence-electron chi connectivity index (χ3n) is 6.59. The summed E-state index contributed by atoms with van der Waals surface area (Å²) >= 11 is 1.65. The van der Waals surface area contributed by atoms with E-state index in [0.29, 0.717) is 13.1 Å². The van der Waals surface area contributed by atoms with Gasteiger partial charge in [-0.25, -0.2) is 0 Å². The maximum Gasteiger partial charge on any atom is 0.268 e. The van der Waals surface area contributed by atoms with Gasteiger partial charge < -0.3 is 9.80 Å². The number of carbonyl (C=O) groups excluding carboxylic acids is 2. The molecule has 1 atom stereocenters. The number of fused-ring (bicyclic) bond motifs is 2. The molecule has 1 saturated heterocycles. The molecule has 2 aromatic rings. The van der Waals surface area contributed by atoms with E-state index in [4.69, 9.17) is 0 Å². The van der Waals surface area contributed by atoms with E-state index in [1.165, 1.54) is 0 Å². The molecule has 1 saturated carbocycles. The van der Waals surface area contributed by atoms with Crippen LogP contribution in [0.15, 0.2) is 54.6 Å². The second-order valence-corrected chi connectivity index (χ2v) is 11.2. The highest BCUT2D eigenvalue weighted by molar-refractivity contribution is 8.02. The van der Waals surface area contributed by atoms with E-state index in [1.807, 2.05) is 64.4 Å². The lowest BCUT2D eigenvalue weighted by atomic mass is 10.00. The van der Waals surface area contributed by atoms with Crippen LogP contribution in [0, 0.1) is 5.92 Å². The number of hydrogen-bond donors (Lipinski definition) is 0. The van der Waals surface area contributed by atoms with Crippen molar-refractivity contribution in [2.45, 2.75) is 55.7 Å². The van der Waals surface area contributed by atoms with E-state index < -0.39 is 4.87 Å². The van der Waals surface area contributed by atoms with Gasteiger partial charge in [-0.05, 0) is 38.3 Å². The largest absolute Gasteiger partial charge is 0.314 e. The highest BCUT2D eigenvalue weighted by Crippen LogP contribution is 2.60. The van der Waals surface area contributed by atoms with Crippen LogP contribution < -0.4 is 4.90 Å². The maximum absolute atomic E-state index is 14.1. The molecule has 5 heteroatoms. The van der Waals surface area contributed by atoms with E-state index in [0.717, 1.165) is 42.5 Å². The summed E-state index contributed by atoms with van der Waals surface area (Å²) in [6.45, 7) is 5.42. The van der Waals surface area contributed by atoms with E-state index >= 15 is 0 Å². The van der Waals surface area contributed by atoms with Crippen molar-refractivity contribution >= 4 is 29.3 Å². The number of amides is 2. The number of thioether (sulfide) groups is 1. The van der Waals surface area contributed by atoms with Crippen molar-refractivity contribution in [3.63, 3.8) is 0 Å². The Bertz CT molecular complexity index is 984. The normalized spacial score (nSPS) is 25.3. The van der Waals surface area contributed by atoms with E-state index in [1.54, 1.807) is 11.8 Å². The Morgan fingerprint density at radius 3 is 2.43 bits per heavy atom. The molecule has 0 N–H and O–H groups in total. The fourth-order valence-electron chi connectivity index (χ4n) is 5.29. The monoisotopic (exact) mass is 420 g/mol. The number of para-hydroxylation sites is 1. The van der Waals surface area contributed by atoms with Gasteiger partial charge in [0.15, 0.2) is 4.87 Å². The van der Waals surface area contributed by atoms with Crippen molar-refractivity contribution in [3.8, 4) is 0 Å². The molecule has 1 aliphatic carbocycles. The van der Waals surface area contributed by atoms with E-state index in [9.17, 15) is 9.59 Å². The molecule has 2 heterocycles.